The maximum absolute atomic E-state index is 12.8. The van der Waals surface area contributed by atoms with Gasteiger partial charge in [-0.2, -0.15) is 0 Å². The van der Waals surface area contributed by atoms with Crippen molar-refractivity contribution < 1.29 is 34.7 Å². The molecule has 2 aromatic carbocycles. The molecule has 6 atom stereocenters. The molecular formula is C21H22N2O7. The average Bonchev–Trinajstić information content (AvgIpc) is 2.72. The van der Waals surface area contributed by atoms with Crippen molar-refractivity contribution in [3.05, 3.63) is 47.5 Å². The minimum atomic E-state index is -1.59. The second-order valence-corrected chi connectivity index (χ2v) is 7.37. The number of rotatable bonds is 3. The number of benzene rings is 2. The number of aromatic nitrogens is 2. The molecule has 158 valence electrons. The number of hydrogen-bond acceptors (Lipinski definition) is 9. The summed E-state index contributed by atoms with van der Waals surface area (Å²) in [6.45, 7) is 3.12. The van der Waals surface area contributed by atoms with Gasteiger partial charge in [0.15, 0.2) is 12.4 Å². The van der Waals surface area contributed by atoms with Crippen LogP contribution < -0.4 is 0 Å². The molecule has 4 rings (SSSR count). The smallest absolute Gasteiger partial charge is 0.340 e. The first-order valence-electron chi connectivity index (χ1n) is 9.56. The largest absolute Gasteiger partial charge is 0.450 e. The van der Waals surface area contributed by atoms with Crippen LogP contribution >= 0.6 is 0 Å². The first-order valence-corrected chi connectivity index (χ1v) is 9.56. The highest BCUT2D eigenvalue weighted by Gasteiger charge is 2.44. The summed E-state index contributed by atoms with van der Waals surface area (Å²) in [7, 11) is 0. The zero-order chi connectivity index (χ0) is 21.6. The number of ether oxygens (including phenoxy) is 2. The zero-order valence-electron chi connectivity index (χ0n) is 16.3. The van der Waals surface area contributed by atoms with Crippen molar-refractivity contribution in [1.82, 2.24) is 9.97 Å². The van der Waals surface area contributed by atoms with Crippen LogP contribution in [0.5, 0.6) is 0 Å². The molecule has 1 fully saturated rings. The molecule has 1 aromatic heterocycles. The van der Waals surface area contributed by atoms with Crippen LogP contribution in [-0.4, -0.2) is 67.1 Å². The molecular weight excluding hydrogens is 392 g/mol. The van der Waals surface area contributed by atoms with Crippen molar-refractivity contribution in [1.29, 1.82) is 0 Å². The Bertz CT molecular complexity index is 1100. The molecule has 0 unspecified atom stereocenters. The fraction of sp³-hybridized carbons (Fsp3) is 0.381. The molecule has 3 aromatic rings. The van der Waals surface area contributed by atoms with E-state index in [1.807, 2.05) is 0 Å². The van der Waals surface area contributed by atoms with Crippen molar-refractivity contribution in [2.75, 3.05) is 0 Å². The summed E-state index contributed by atoms with van der Waals surface area (Å²) in [4.78, 5) is 21.9. The molecule has 9 heteroatoms. The van der Waals surface area contributed by atoms with Gasteiger partial charge in [0.2, 0.25) is 0 Å². The van der Waals surface area contributed by atoms with Gasteiger partial charge in [0.1, 0.15) is 17.7 Å². The number of esters is 1. The minimum absolute atomic E-state index is 0.0804. The summed E-state index contributed by atoms with van der Waals surface area (Å²) in [5.41, 5.74) is 2.40. The van der Waals surface area contributed by atoms with Crippen LogP contribution in [0.15, 0.2) is 36.4 Å². The van der Waals surface area contributed by atoms with Crippen LogP contribution in [-0.2, 0) is 9.47 Å². The number of carbonyl (C=O) groups excluding carboxylic acids is 1. The van der Waals surface area contributed by atoms with Gasteiger partial charge in [0.05, 0.1) is 34.3 Å². The molecule has 2 heterocycles. The van der Waals surface area contributed by atoms with E-state index in [1.165, 1.54) is 13.0 Å². The van der Waals surface area contributed by atoms with Gasteiger partial charge in [-0.25, -0.2) is 14.8 Å². The monoisotopic (exact) mass is 414 g/mol. The molecule has 30 heavy (non-hydrogen) atoms. The molecule has 0 spiro atoms. The number of fused-ring (bicyclic) bond motifs is 2. The van der Waals surface area contributed by atoms with Crippen LogP contribution in [0.3, 0.4) is 0 Å². The number of nitrogens with zero attached hydrogens (tertiary/aromatic N) is 2. The van der Waals surface area contributed by atoms with Crippen LogP contribution in [0, 0.1) is 0 Å². The number of carbonyl (C=O) groups is 1. The normalized spacial score (nSPS) is 27.9. The summed E-state index contributed by atoms with van der Waals surface area (Å²) >= 11 is 0. The molecule has 1 saturated heterocycles. The van der Waals surface area contributed by atoms with Crippen LogP contribution in [0.2, 0.25) is 0 Å². The lowest BCUT2D eigenvalue weighted by molar-refractivity contribution is -0.276. The van der Waals surface area contributed by atoms with Gasteiger partial charge in [-0.3, -0.25) is 0 Å². The molecule has 0 radical (unpaired) electrons. The second kappa shape index (κ2) is 7.86. The van der Waals surface area contributed by atoms with Crippen molar-refractivity contribution in [2.24, 2.45) is 0 Å². The van der Waals surface area contributed by atoms with Gasteiger partial charge < -0.3 is 29.9 Å². The van der Waals surface area contributed by atoms with E-state index >= 15 is 0 Å². The van der Waals surface area contributed by atoms with E-state index in [-0.39, 0.29) is 11.1 Å². The summed E-state index contributed by atoms with van der Waals surface area (Å²) < 4.78 is 10.4. The van der Waals surface area contributed by atoms with E-state index in [0.717, 1.165) is 0 Å². The van der Waals surface area contributed by atoms with Gasteiger partial charge in [0.25, 0.3) is 0 Å². The van der Waals surface area contributed by atoms with E-state index in [9.17, 15) is 25.2 Å². The Morgan fingerprint density at radius 3 is 2.37 bits per heavy atom. The first kappa shape index (κ1) is 20.6. The summed E-state index contributed by atoms with van der Waals surface area (Å²) in [6.07, 6.45) is -7.43. The number of para-hydroxylation sites is 2. The zero-order valence-corrected chi connectivity index (χ0v) is 16.3. The highest BCUT2D eigenvalue weighted by atomic mass is 16.7. The molecule has 4 N–H and O–H groups in total. The number of aliphatic hydroxyl groups is 4. The SMILES string of the molecule is C[C@H](O)c1cccc2nc3c(C(=O)O[C@H]4[C@H](O)[C@@H](O)[C@H](C)O[C@H]4O)cccc3nc12. The van der Waals surface area contributed by atoms with E-state index in [2.05, 4.69) is 9.97 Å². The molecule has 0 bridgehead atoms. The Kier molecular flexibility index (Phi) is 5.39. The number of hydrogen-bond donors (Lipinski definition) is 4. The lowest BCUT2D eigenvalue weighted by atomic mass is 10.00. The van der Waals surface area contributed by atoms with Gasteiger partial charge >= 0.3 is 5.97 Å². The fourth-order valence-corrected chi connectivity index (χ4v) is 3.58. The van der Waals surface area contributed by atoms with Crippen LogP contribution in [0.4, 0.5) is 0 Å². The molecule has 0 amide bonds. The summed E-state index contributed by atoms with van der Waals surface area (Å²) in [6, 6.07) is 9.98. The van der Waals surface area contributed by atoms with Gasteiger partial charge in [-0.15, -0.1) is 0 Å². The highest BCUT2D eigenvalue weighted by molar-refractivity contribution is 6.03. The van der Waals surface area contributed by atoms with Crippen molar-refractivity contribution in [3.63, 3.8) is 0 Å². The molecule has 9 nitrogen and oxygen atoms in total. The van der Waals surface area contributed by atoms with Crippen molar-refractivity contribution >= 4 is 28.0 Å². The fourth-order valence-electron chi connectivity index (χ4n) is 3.58. The quantitative estimate of drug-likeness (QED) is 0.362. The standard InChI is InChI=1S/C21H22N2O7/c1-9(24)11-5-3-7-13-15(11)22-14-8-4-6-12(16(14)23-13)20(27)30-19-18(26)17(25)10(2)29-21(19)28/h3-10,17-19,21,24-26,28H,1-2H3/t9-,10-,17-,18+,19-,21+/m0/s1. The summed E-state index contributed by atoms with van der Waals surface area (Å²) in [5.74, 6) is -0.852. The Hall–Kier alpha value is -2.69. The Morgan fingerprint density at radius 2 is 1.67 bits per heavy atom. The Labute approximate surface area is 171 Å². The lowest BCUT2D eigenvalue weighted by Crippen LogP contribution is -2.58. The maximum atomic E-state index is 12.8. The van der Waals surface area contributed by atoms with Crippen molar-refractivity contribution in [2.45, 2.75) is 50.7 Å². The van der Waals surface area contributed by atoms with E-state index in [0.29, 0.717) is 22.1 Å². The minimum Gasteiger partial charge on any atom is -0.450 e. The van der Waals surface area contributed by atoms with Gasteiger partial charge in [0, 0.05) is 5.56 Å². The van der Waals surface area contributed by atoms with E-state index in [1.54, 1.807) is 37.3 Å². The Balaban J connectivity index is 1.73. The highest BCUT2D eigenvalue weighted by Crippen LogP contribution is 2.27. The molecule has 0 aliphatic carbocycles. The van der Waals surface area contributed by atoms with Gasteiger partial charge in [-0.1, -0.05) is 18.2 Å². The van der Waals surface area contributed by atoms with Crippen molar-refractivity contribution in [3.8, 4) is 0 Å². The predicted octanol–water partition coefficient (Wildman–Crippen LogP) is 0.821. The average molecular weight is 414 g/mol. The third-order valence-corrected chi connectivity index (χ3v) is 5.24. The molecule has 0 saturated carbocycles. The second-order valence-electron chi connectivity index (χ2n) is 7.37. The Morgan fingerprint density at radius 1 is 1.03 bits per heavy atom. The summed E-state index contributed by atoms with van der Waals surface area (Å²) in [5, 5.41) is 40.2. The third kappa shape index (κ3) is 3.51. The van der Waals surface area contributed by atoms with Crippen LogP contribution in [0.25, 0.3) is 22.1 Å². The number of aliphatic hydroxyl groups excluding tert-OH is 4. The van der Waals surface area contributed by atoms with E-state index < -0.39 is 42.8 Å². The van der Waals surface area contributed by atoms with E-state index in [4.69, 9.17) is 9.47 Å². The molecule has 1 aliphatic heterocycles. The lowest BCUT2D eigenvalue weighted by Gasteiger charge is -2.38. The van der Waals surface area contributed by atoms with Crippen LogP contribution in [0.1, 0.15) is 35.9 Å². The maximum Gasteiger partial charge on any atom is 0.340 e. The van der Waals surface area contributed by atoms with Gasteiger partial charge in [-0.05, 0) is 32.0 Å². The predicted molar refractivity (Wildman–Crippen MR) is 105 cm³/mol. The third-order valence-electron chi connectivity index (χ3n) is 5.24. The first-order chi connectivity index (χ1) is 14.3. The molecule has 1 aliphatic rings. The topological polar surface area (TPSA) is 142 Å².